The fourth-order valence-electron chi connectivity index (χ4n) is 2.07. The molecule has 128 valence electrons. The van der Waals surface area contributed by atoms with Crippen molar-refractivity contribution in [1.82, 2.24) is 9.88 Å². The van der Waals surface area contributed by atoms with Crippen LogP contribution in [0, 0.1) is 0 Å². The van der Waals surface area contributed by atoms with Crippen molar-refractivity contribution in [2.24, 2.45) is 0 Å². The Bertz CT molecular complexity index is 570. The summed E-state index contributed by atoms with van der Waals surface area (Å²) in [4.78, 5) is 17.8. The lowest BCUT2D eigenvalue weighted by Gasteiger charge is -2.35. The number of hydrogen-bond acceptors (Lipinski definition) is 5. The number of likely N-dealkylation sites (N-methyl/N-ethyl adjacent to an activating group) is 1. The van der Waals surface area contributed by atoms with Crippen LogP contribution in [0.3, 0.4) is 0 Å². The Kier molecular flexibility index (Phi) is 5.03. The Hall–Kier alpha value is -1.96. The first kappa shape index (κ1) is 17.4. The van der Waals surface area contributed by atoms with Gasteiger partial charge in [0, 0.05) is 24.7 Å². The van der Waals surface area contributed by atoms with Crippen LogP contribution in [-0.2, 0) is 4.74 Å². The van der Waals surface area contributed by atoms with Gasteiger partial charge in [0.05, 0.1) is 0 Å². The van der Waals surface area contributed by atoms with E-state index in [9.17, 15) is 13.6 Å². The highest BCUT2D eigenvalue weighted by atomic mass is 19.3. The first-order valence-corrected chi connectivity index (χ1v) is 7.28. The molecule has 0 aliphatic carbocycles. The van der Waals surface area contributed by atoms with Gasteiger partial charge in [0.15, 0.2) is 0 Å². The molecule has 1 amide bonds. The second-order valence-corrected chi connectivity index (χ2v) is 6.51. The third kappa shape index (κ3) is 5.31. The van der Waals surface area contributed by atoms with E-state index in [2.05, 4.69) is 10.3 Å². The van der Waals surface area contributed by atoms with Crippen LogP contribution >= 0.6 is 0 Å². The average Bonchev–Trinajstić information content (AvgIpc) is 2.34. The van der Waals surface area contributed by atoms with Gasteiger partial charge in [0.1, 0.15) is 17.5 Å². The average molecular weight is 329 g/mol. The van der Waals surface area contributed by atoms with Crippen molar-refractivity contribution >= 4 is 11.9 Å². The van der Waals surface area contributed by atoms with Gasteiger partial charge >= 0.3 is 6.09 Å². The molecule has 6 nitrogen and oxygen atoms in total. The van der Waals surface area contributed by atoms with E-state index < -0.39 is 18.1 Å². The molecule has 1 aliphatic rings. The summed E-state index contributed by atoms with van der Waals surface area (Å²) >= 11 is 0. The second kappa shape index (κ2) is 6.66. The summed E-state index contributed by atoms with van der Waals surface area (Å²) < 4.78 is 36.6. The lowest BCUT2D eigenvalue weighted by molar-refractivity contribution is 0.0353. The minimum Gasteiger partial charge on any atom is -0.472 e. The lowest BCUT2D eigenvalue weighted by Crippen LogP contribution is -2.51. The number of carbonyl (C=O) groups is 1. The van der Waals surface area contributed by atoms with Gasteiger partial charge in [0.25, 0.3) is 6.43 Å². The molecular weight excluding hydrogens is 308 g/mol. The summed E-state index contributed by atoms with van der Waals surface area (Å²) in [5.74, 6) is 0.0340. The highest BCUT2D eigenvalue weighted by Crippen LogP contribution is 2.26. The van der Waals surface area contributed by atoms with Gasteiger partial charge in [0.2, 0.25) is 5.88 Å². The van der Waals surface area contributed by atoms with Crippen LogP contribution in [0.25, 0.3) is 0 Å². The zero-order chi connectivity index (χ0) is 17.2. The third-order valence-corrected chi connectivity index (χ3v) is 3.02. The molecule has 1 aromatic heterocycles. The van der Waals surface area contributed by atoms with Crippen LogP contribution in [0.2, 0.25) is 0 Å². The molecule has 1 aliphatic heterocycles. The Morgan fingerprint density at radius 2 is 2.04 bits per heavy atom. The minimum atomic E-state index is -2.69. The molecule has 1 fully saturated rings. The number of ether oxygens (including phenoxy) is 2. The first-order chi connectivity index (χ1) is 10.6. The van der Waals surface area contributed by atoms with E-state index >= 15 is 0 Å². The highest BCUT2D eigenvalue weighted by molar-refractivity contribution is 5.83. The van der Waals surface area contributed by atoms with Crippen molar-refractivity contribution in [3.05, 3.63) is 17.7 Å². The maximum Gasteiger partial charge on any atom is 0.413 e. The van der Waals surface area contributed by atoms with Crippen molar-refractivity contribution < 1.29 is 23.0 Å². The lowest BCUT2D eigenvalue weighted by atomic mass is 10.2. The molecule has 0 bridgehead atoms. The molecular formula is C15H21F2N3O3. The van der Waals surface area contributed by atoms with E-state index in [0.717, 1.165) is 6.07 Å². The quantitative estimate of drug-likeness (QED) is 0.920. The van der Waals surface area contributed by atoms with E-state index in [1.54, 1.807) is 20.8 Å². The van der Waals surface area contributed by atoms with E-state index in [-0.39, 0.29) is 23.4 Å². The molecule has 1 N–H and O–H groups in total. The zero-order valence-corrected chi connectivity index (χ0v) is 13.6. The fourth-order valence-corrected chi connectivity index (χ4v) is 2.07. The van der Waals surface area contributed by atoms with Crippen molar-refractivity contribution in [1.29, 1.82) is 0 Å². The van der Waals surface area contributed by atoms with Gasteiger partial charge < -0.3 is 9.47 Å². The van der Waals surface area contributed by atoms with Crippen molar-refractivity contribution in [3.63, 3.8) is 0 Å². The number of hydrogen-bond donors (Lipinski definition) is 1. The van der Waals surface area contributed by atoms with Crippen LogP contribution in [0.5, 0.6) is 5.88 Å². The number of aromatic nitrogens is 1. The summed E-state index contributed by atoms with van der Waals surface area (Å²) in [5, 5.41) is 2.36. The van der Waals surface area contributed by atoms with E-state index in [4.69, 9.17) is 9.47 Å². The predicted octanol–water partition coefficient (Wildman–Crippen LogP) is 3.06. The molecule has 2 rings (SSSR count). The number of carbonyl (C=O) groups excluding carboxylic acids is 1. The standard InChI is InChI=1S/C15H21F2N3O3/c1-15(2,3)23-14(21)19-11-5-9(13(16)17)6-12(18-11)22-10-7-20(4)8-10/h5-6,10,13H,7-8H2,1-4H3,(H,18,19,21). The SMILES string of the molecule is CN1CC(Oc2cc(C(F)F)cc(NC(=O)OC(C)(C)C)n2)C1. The molecule has 0 spiro atoms. The molecule has 0 atom stereocenters. The summed E-state index contributed by atoms with van der Waals surface area (Å²) in [6, 6.07) is 2.29. The van der Waals surface area contributed by atoms with Crippen LogP contribution in [0.15, 0.2) is 12.1 Å². The molecule has 2 heterocycles. The number of nitrogens with zero attached hydrogens (tertiary/aromatic N) is 2. The van der Waals surface area contributed by atoms with Crippen LogP contribution in [0.1, 0.15) is 32.8 Å². The van der Waals surface area contributed by atoms with Crippen LogP contribution in [0.4, 0.5) is 19.4 Å². The number of anilines is 1. The van der Waals surface area contributed by atoms with E-state index in [1.165, 1.54) is 6.07 Å². The molecule has 0 aromatic carbocycles. The summed E-state index contributed by atoms with van der Waals surface area (Å²) in [6.07, 6.45) is -3.54. The van der Waals surface area contributed by atoms with Crippen molar-refractivity contribution in [2.45, 2.75) is 38.9 Å². The van der Waals surface area contributed by atoms with Gasteiger partial charge in [-0.15, -0.1) is 0 Å². The molecule has 0 saturated carbocycles. The largest absolute Gasteiger partial charge is 0.472 e. The van der Waals surface area contributed by atoms with Gasteiger partial charge in [-0.3, -0.25) is 10.2 Å². The monoisotopic (exact) mass is 329 g/mol. The smallest absolute Gasteiger partial charge is 0.413 e. The highest BCUT2D eigenvalue weighted by Gasteiger charge is 2.26. The molecule has 8 heteroatoms. The molecule has 1 aromatic rings. The summed E-state index contributed by atoms with van der Waals surface area (Å²) in [6.45, 7) is 6.52. The minimum absolute atomic E-state index is 0.0280. The second-order valence-electron chi connectivity index (χ2n) is 6.51. The summed E-state index contributed by atoms with van der Waals surface area (Å²) in [7, 11) is 1.93. The topological polar surface area (TPSA) is 63.7 Å². The Balaban J connectivity index is 2.11. The fraction of sp³-hybridized carbons (Fsp3) is 0.600. The van der Waals surface area contributed by atoms with Gasteiger partial charge in [-0.25, -0.2) is 13.6 Å². The Morgan fingerprint density at radius 3 is 2.57 bits per heavy atom. The normalized spacial score (nSPS) is 16.1. The number of likely N-dealkylation sites (tertiary alicyclic amines) is 1. The first-order valence-electron chi connectivity index (χ1n) is 7.28. The number of halogens is 2. The van der Waals surface area contributed by atoms with E-state index in [0.29, 0.717) is 13.1 Å². The number of rotatable bonds is 4. The number of amides is 1. The van der Waals surface area contributed by atoms with Crippen molar-refractivity contribution in [2.75, 3.05) is 25.5 Å². The van der Waals surface area contributed by atoms with Gasteiger partial charge in [-0.05, 0) is 33.9 Å². The van der Waals surface area contributed by atoms with Crippen LogP contribution < -0.4 is 10.1 Å². The molecule has 0 radical (unpaired) electrons. The van der Waals surface area contributed by atoms with Gasteiger partial charge in [-0.2, -0.15) is 4.98 Å². The zero-order valence-electron chi connectivity index (χ0n) is 13.6. The molecule has 23 heavy (non-hydrogen) atoms. The summed E-state index contributed by atoms with van der Waals surface area (Å²) in [5.41, 5.74) is -0.964. The Morgan fingerprint density at radius 1 is 1.39 bits per heavy atom. The molecule has 0 unspecified atom stereocenters. The van der Waals surface area contributed by atoms with Crippen LogP contribution in [-0.4, -0.2) is 47.8 Å². The Labute approximate surface area is 133 Å². The van der Waals surface area contributed by atoms with Crippen molar-refractivity contribution in [3.8, 4) is 5.88 Å². The van der Waals surface area contributed by atoms with E-state index in [1.807, 2.05) is 11.9 Å². The number of pyridine rings is 1. The predicted molar refractivity (Wildman–Crippen MR) is 81.0 cm³/mol. The third-order valence-electron chi connectivity index (χ3n) is 3.02. The maximum absolute atomic E-state index is 13.0. The maximum atomic E-state index is 13.0. The van der Waals surface area contributed by atoms with Gasteiger partial charge in [-0.1, -0.05) is 0 Å². The molecule has 1 saturated heterocycles. The number of alkyl halides is 2. The number of nitrogens with one attached hydrogen (secondary N) is 1.